The lowest BCUT2D eigenvalue weighted by molar-refractivity contribution is -0.118. The molecule has 2 amide bonds. The van der Waals surface area contributed by atoms with Gasteiger partial charge < -0.3 is 10.6 Å². The number of benzene rings is 1. The average molecular weight is 394 g/mol. The summed E-state index contributed by atoms with van der Waals surface area (Å²) in [5.41, 5.74) is 0.772. The van der Waals surface area contributed by atoms with Crippen molar-refractivity contribution in [3.8, 4) is 0 Å². The van der Waals surface area contributed by atoms with Gasteiger partial charge in [-0.15, -0.1) is 11.3 Å². The van der Waals surface area contributed by atoms with Gasteiger partial charge >= 0.3 is 0 Å². The molecule has 2 N–H and O–H groups in total. The minimum atomic E-state index is -0.648. The Kier molecular flexibility index (Phi) is 5.36. The third-order valence-electron chi connectivity index (χ3n) is 3.56. The van der Waals surface area contributed by atoms with Crippen LogP contribution in [0.15, 0.2) is 35.7 Å². The van der Waals surface area contributed by atoms with Crippen LogP contribution < -0.4 is 10.6 Å². The Labute approximate surface area is 158 Å². The highest BCUT2D eigenvalue weighted by Gasteiger charge is 2.25. The van der Waals surface area contributed by atoms with E-state index in [1.54, 1.807) is 18.2 Å². The van der Waals surface area contributed by atoms with Crippen LogP contribution in [0.25, 0.3) is 10.2 Å². The molecule has 0 aliphatic carbocycles. The maximum Gasteiger partial charge on any atom is 0.262 e. The minimum Gasteiger partial charge on any atom is -0.339 e. The van der Waals surface area contributed by atoms with Gasteiger partial charge in [0.2, 0.25) is 5.91 Å². The van der Waals surface area contributed by atoms with E-state index in [4.69, 9.17) is 11.6 Å². The number of nitrogens with one attached hydrogen (secondary N) is 2. The molecule has 0 aliphatic heterocycles. The van der Waals surface area contributed by atoms with Crippen LogP contribution in [-0.2, 0) is 4.79 Å². The van der Waals surface area contributed by atoms with Crippen molar-refractivity contribution in [3.05, 3.63) is 45.6 Å². The smallest absolute Gasteiger partial charge is 0.262 e. The van der Waals surface area contributed by atoms with Crippen molar-refractivity contribution in [2.75, 3.05) is 5.32 Å². The van der Waals surface area contributed by atoms with E-state index in [0.717, 1.165) is 10.2 Å². The summed E-state index contributed by atoms with van der Waals surface area (Å²) in [4.78, 5) is 29.8. The topological polar surface area (TPSA) is 71.1 Å². The number of amides is 2. The molecular formula is C17H16ClN3O2S2. The maximum atomic E-state index is 12.6. The molecule has 1 atom stereocenters. The van der Waals surface area contributed by atoms with Gasteiger partial charge in [-0.3, -0.25) is 9.59 Å². The Hall–Kier alpha value is -1.96. The van der Waals surface area contributed by atoms with E-state index in [0.29, 0.717) is 15.0 Å². The van der Waals surface area contributed by atoms with Crippen molar-refractivity contribution in [2.24, 2.45) is 5.92 Å². The lowest BCUT2D eigenvalue weighted by Gasteiger charge is -2.20. The van der Waals surface area contributed by atoms with Crippen LogP contribution in [0.5, 0.6) is 0 Å². The van der Waals surface area contributed by atoms with E-state index in [-0.39, 0.29) is 17.7 Å². The van der Waals surface area contributed by atoms with E-state index in [2.05, 4.69) is 15.6 Å². The largest absolute Gasteiger partial charge is 0.339 e. The van der Waals surface area contributed by atoms with Crippen LogP contribution >= 0.6 is 34.3 Å². The van der Waals surface area contributed by atoms with Gasteiger partial charge in [-0.25, -0.2) is 4.98 Å². The number of carbonyl (C=O) groups excluding carboxylic acids is 2. The number of fused-ring (bicyclic) bond motifs is 1. The molecule has 1 aromatic carbocycles. The third-order valence-corrected chi connectivity index (χ3v) is 5.60. The Balaban J connectivity index is 1.74. The predicted octanol–water partition coefficient (Wildman–Crippen LogP) is 4.40. The SMILES string of the molecule is CC(C)[C@@H](NC(=O)c1cccs1)C(=O)Nc1nc2ccc(Cl)cc2s1. The zero-order valence-corrected chi connectivity index (χ0v) is 16.0. The molecular weight excluding hydrogens is 378 g/mol. The summed E-state index contributed by atoms with van der Waals surface area (Å²) < 4.78 is 0.895. The molecule has 0 aliphatic rings. The first kappa shape index (κ1) is 17.8. The van der Waals surface area contributed by atoms with Crippen LogP contribution in [0.1, 0.15) is 23.5 Å². The van der Waals surface area contributed by atoms with Crippen molar-refractivity contribution in [1.82, 2.24) is 10.3 Å². The summed E-state index contributed by atoms with van der Waals surface area (Å²) in [6.07, 6.45) is 0. The van der Waals surface area contributed by atoms with E-state index in [1.165, 1.54) is 22.7 Å². The van der Waals surface area contributed by atoms with Crippen molar-refractivity contribution in [3.63, 3.8) is 0 Å². The number of aromatic nitrogens is 1. The number of rotatable bonds is 5. The van der Waals surface area contributed by atoms with E-state index < -0.39 is 6.04 Å². The minimum absolute atomic E-state index is 0.0623. The summed E-state index contributed by atoms with van der Waals surface area (Å²) in [6.45, 7) is 3.77. The molecule has 2 heterocycles. The monoisotopic (exact) mass is 393 g/mol. The van der Waals surface area contributed by atoms with Gasteiger partial charge in [-0.2, -0.15) is 0 Å². The van der Waals surface area contributed by atoms with Gasteiger partial charge in [0.25, 0.3) is 5.91 Å². The second-order valence-electron chi connectivity index (χ2n) is 5.79. The summed E-state index contributed by atoms with van der Waals surface area (Å²) >= 11 is 8.66. The van der Waals surface area contributed by atoms with Crippen LogP contribution in [0.2, 0.25) is 5.02 Å². The van der Waals surface area contributed by atoms with Gasteiger partial charge in [0.15, 0.2) is 5.13 Å². The van der Waals surface area contributed by atoms with E-state index in [9.17, 15) is 9.59 Å². The number of thiophene rings is 1. The quantitative estimate of drug-likeness (QED) is 0.674. The fourth-order valence-corrected chi connectivity index (χ4v) is 4.06. The van der Waals surface area contributed by atoms with Gasteiger partial charge in [-0.1, -0.05) is 42.9 Å². The molecule has 5 nitrogen and oxygen atoms in total. The number of anilines is 1. The molecule has 0 bridgehead atoms. The first-order valence-corrected chi connectivity index (χ1v) is 9.73. The first-order chi connectivity index (χ1) is 11.9. The number of hydrogen-bond acceptors (Lipinski definition) is 5. The lowest BCUT2D eigenvalue weighted by atomic mass is 10.0. The Bertz CT molecular complexity index is 906. The summed E-state index contributed by atoms with van der Waals surface area (Å²) in [5.74, 6) is -0.599. The van der Waals surface area contributed by atoms with Crippen molar-refractivity contribution in [1.29, 1.82) is 0 Å². The summed E-state index contributed by atoms with van der Waals surface area (Å²) in [6, 6.07) is 8.26. The Morgan fingerprint density at radius 2 is 2.04 bits per heavy atom. The summed E-state index contributed by atoms with van der Waals surface area (Å²) in [5, 5.41) is 8.53. The van der Waals surface area contributed by atoms with Crippen LogP contribution in [0, 0.1) is 5.92 Å². The molecule has 0 unspecified atom stereocenters. The zero-order valence-electron chi connectivity index (χ0n) is 13.6. The van der Waals surface area contributed by atoms with Crippen molar-refractivity contribution in [2.45, 2.75) is 19.9 Å². The predicted molar refractivity (Wildman–Crippen MR) is 104 cm³/mol. The highest BCUT2D eigenvalue weighted by molar-refractivity contribution is 7.22. The number of thiazole rings is 1. The van der Waals surface area contributed by atoms with Crippen LogP contribution in [0.4, 0.5) is 5.13 Å². The van der Waals surface area contributed by atoms with E-state index >= 15 is 0 Å². The molecule has 0 spiro atoms. The molecule has 2 aromatic heterocycles. The van der Waals surface area contributed by atoms with Gasteiger partial charge in [-0.05, 0) is 35.6 Å². The Morgan fingerprint density at radius 1 is 1.24 bits per heavy atom. The average Bonchev–Trinajstić information content (AvgIpc) is 3.20. The molecule has 0 radical (unpaired) electrons. The molecule has 8 heteroatoms. The second kappa shape index (κ2) is 7.51. The van der Waals surface area contributed by atoms with Crippen molar-refractivity contribution >= 4 is 61.4 Å². The highest BCUT2D eigenvalue weighted by atomic mass is 35.5. The van der Waals surface area contributed by atoms with Crippen LogP contribution in [0.3, 0.4) is 0 Å². The fourth-order valence-electron chi connectivity index (χ4n) is 2.29. The summed E-state index contributed by atoms with van der Waals surface area (Å²) in [7, 11) is 0. The molecule has 0 saturated carbocycles. The number of halogens is 1. The molecule has 0 saturated heterocycles. The normalized spacial score (nSPS) is 12.3. The molecule has 3 rings (SSSR count). The van der Waals surface area contributed by atoms with Gasteiger partial charge in [0.1, 0.15) is 6.04 Å². The van der Waals surface area contributed by atoms with Crippen molar-refractivity contribution < 1.29 is 9.59 Å². The van der Waals surface area contributed by atoms with Gasteiger partial charge in [0, 0.05) is 5.02 Å². The number of nitrogens with zero attached hydrogens (tertiary/aromatic N) is 1. The lowest BCUT2D eigenvalue weighted by Crippen LogP contribution is -2.46. The van der Waals surface area contributed by atoms with Crippen LogP contribution in [-0.4, -0.2) is 22.8 Å². The first-order valence-electron chi connectivity index (χ1n) is 7.65. The van der Waals surface area contributed by atoms with E-state index in [1.807, 2.05) is 31.4 Å². The molecule has 3 aromatic rings. The third kappa shape index (κ3) is 4.18. The zero-order chi connectivity index (χ0) is 18.0. The number of carbonyl (C=O) groups is 2. The molecule has 25 heavy (non-hydrogen) atoms. The molecule has 0 fully saturated rings. The highest BCUT2D eigenvalue weighted by Crippen LogP contribution is 2.28. The standard InChI is InChI=1S/C17H16ClN3O2S2/c1-9(2)14(20-15(22)12-4-3-7-24-12)16(23)21-17-19-11-6-5-10(18)8-13(11)25-17/h3-9,14H,1-2H3,(H,20,22)(H,19,21,23)/t14-/m1/s1. The maximum absolute atomic E-state index is 12.6. The Morgan fingerprint density at radius 3 is 2.72 bits per heavy atom. The number of hydrogen-bond donors (Lipinski definition) is 2. The second-order valence-corrected chi connectivity index (χ2v) is 8.21. The fraction of sp³-hybridized carbons (Fsp3) is 0.235. The van der Waals surface area contributed by atoms with Gasteiger partial charge in [0.05, 0.1) is 15.1 Å². The molecule has 130 valence electrons.